The number of hydrogen-bond donors (Lipinski definition) is 1. The number of carboxylic acids is 1. The second kappa shape index (κ2) is 9.71. The zero-order chi connectivity index (χ0) is 19.8. The van der Waals surface area contributed by atoms with E-state index in [0.717, 1.165) is 32.5 Å². The Morgan fingerprint density at radius 3 is 2.32 bits per heavy atom. The quantitative estimate of drug-likeness (QED) is 0.390. The van der Waals surface area contributed by atoms with Crippen LogP contribution < -0.4 is 4.74 Å². The Balaban J connectivity index is 1.57. The highest BCUT2D eigenvalue weighted by Crippen LogP contribution is 2.23. The van der Waals surface area contributed by atoms with Gasteiger partial charge in [-0.25, -0.2) is 4.79 Å². The predicted octanol–water partition coefficient (Wildman–Crippen LogP) is 5.13. The van der Waals surface area contributed by atoms with E-state index >= 15 is 0 Å². The number of benzene rings is 3. The van der Waals surface area contributed by atoms with Gasteiger partial charge < -0.3 is 14.7 Å². The van der Waals surface area contributed by atoms with Gasteiger partial charge in [0.2, 0.25) is 6.61 Å². The van der Waals surface area contributed by atoms with Gasteiger partial charge in [-0.15, -0.1) is 0 Å². The summed E-state index contributed by atoms with van der Waals surface area (Å²) in [5, 5.41) is 12.1. The van der Waals surface area contributed by atoms with E-state index in [-0.39, 0.29) is 0 Å². The first-order chi connectivity index (χ1) is 13.6. The molecule has 0 saturated heterocycles. The molecule has 0 aliphatic rings. The van der Waals surface area contributed by atoms with Crippen molar-refractivity contribution in [1.29, 1.82) is 0 Å². The average Bonchev–Trinajstić information content (AvgIpc) is 2.70. The van der Waals surface area contributed by atoms with Crippen molar-refractivity contribution >= 4 is 28.1 Å². The molecule has 0 bridgehead atoms. The summed E-state index contributed by atoms with van der Waals surface area (Å²) in [5.41, 5.74) is 4.05. The zero-order valence-corrected chi connectivity index (χ0v) is 16.5. The van der Waals surface area contributed by atoms with Crippen LogP contribution in [0.25, 0.3) is 11.1 Å². The maximum absolute atomic E-state index is 10.4. The molecule has 3 rings (SSSR count). The summed E-state index contributed by atoms with van der Waals surface area (Å²) < 4.78 is 6.87. The fourth-order valence-corrected chi connectivity index (χ4v) is 2.94. The van der Waals surface area contributed by atoms with Crippen molar-refractivity contribution in [3.63, 3.8) is 0 Å². The van der Waals surface area contributed by atoms with Crippen molar-refractivity contribution in [2.24, 2.45) is 5.16 Å². The average molecular weight is 440 g/mol. The molecule has 0 aliphatic heterocycles. The minimum atomic E-state index is -1.06. The molecule has 0 atom stereocenters. The van der Waals surface area contributed by atoms with Gasteiger partial charge in [-0.3, -0.25) is 0 Å². The Morgan fingerprint density at radius 2 is 1.68 bits per heavy atom. The van der Waals surface area contributed by atoms with Crippen LogP contribution >= 0.6 is 15.9 Å². The van der Waals surface area contributed by atoms with Crippen LogP contribution in [-0.4, -0.2) is 23.9 Å². The van der Waals surface area contributed by atoms with Crippen LogP contribution in [0.4, 0.5) is 0 Å². The molecule has 0 spiro atoms. The predicted molar refractivity (Wildman–Crippen MR) is 112 cm³/mol. The van der Waals surface area contributed by atoms with Crippen LogP contribution in [0, 0.1) is 0 Å². The van der Waals surface area contributed by atoms with E-state index < -0.39 is 12.6 Å². The summed E-state index contributed by atoms with van der Waals surface area (Å²) in [4.78, 5) is 15.0. The Kier molecular flexibility index (Phi) is 6.81. The molecule has 0 unspecified atom stereocenters. The van der Waals surface area contributed by atoms with Crippen molar-refractivity contribution < 1.29 is 19.5 Å². The molecule has 28 heavy (non-hydrogen) atoms. The number of aliphatic carboxylic acids is 1. The minimum absolute atomic E-state index is 0.454. The highest BCUT2D eigenvalue weighted by atomic mass is 79.9. The smallest absolute Gasteiger partial charge is 0.344 e. The topological polar surface area (TPSA) is 68.1 Å². The van der Waals surface area contributed by atoms with Crippen LogP contribution in [0.5, 0.6) is 5.75 Å². The molecule has 142 valence electrons. The summed E-state index contributed by atoms with van der Waals surface area (Å²) >= 11 is 3.46. The number of carboxylic acid groups (broad SMARTS) is 1. The molecule has 0 heterocycles. The van der Waals surface area contributed by atoms with Crippen LogP contribution in [0.1, 0.15) is 11.1 Å². The fraction of sp³-hybridized carbons (Fsp3) is 0.0909. The number of halogens is 1. The Bertz CT molecular complexity index is 953. The van der Waals surface area contributed by atoms with Crippen molar-refractivity contribution in [1.82, 2.24) is 0 Å². The van der Waals surface area contributed by atoms with Crippen LogP contribution in [0.15, 0.2) is 82.4 Å². The van der Waals surface area contributed by atoms with E-state index in [1.807, 2.05) is 72.8 Å². The minimum Gasteiger partial charge on any atom is -0.489 e. The highest BCUT2D eigenvalue weighted by molar-refractivity contribution is 9.10. The molecule has 5 nitrogen and oxygen atoms in total. The van der Waals surface area contributed by atoms with Gasteiger partial charge in [0, 0.05) is 4.47 Å². The molecule has 3 aromatic carbocycles. The second-order valence-corrected chi connectivity index (χ2v) is 6.88. The molecule has 3 aromatic rings. The van der Waals surface area contributed by atoms with Crippen molar-refractivity contribution in [3.8, 4) is 16.9 Å². The maximum atomic E-state index is 10.4. The van der Waals surface area contributed by atoms with E-state index in [4.69, 9.17) is 9.84 Å². The first-order valence-corrected chi connectivity index (χ1v) is 9.34. The van der Waals surface area contributed by atoms with Crippen molar-refractivity contribution in [2.45, 2.75) is 6.61 Å². The Morgan fingerprint density at radius 1 is 1.00 bits per heavy atom. The standard InChI is InChI=1S/C22H18BrNO4/c23-20-3-1-2-17(12-20)14-27-21-10-8-19(9-11-21)18-6-4-16(5-7-18)13-24-28-15-22(25)26/h1-13H,14-15H2,(H,25,26). The van der Waals surface area contributed by atoms with E-state index in [0.29, 0.717) is 6.61 Å². The van der Waals surface area contributed by atoms with Gasteiger partial charge in [0.05, 0.1) is 6.21 Å². The number of rotatable bonds is 8. The third-order valence-electron chi connectivity index (χ3n) is 3.86. The molecule has 0 aliphatic carbocycles. The van der Waals surface area contributed by atoms with E-state index in [2.05, 4.69) is 25.9 Å². The largest absolute Gasteiger partial charge is 0.489 e. The fourth-order valence-electron chi connectivity index (χ4n) is 2.49. The molecule has 0 saturated carbocycles. The second-order valence-electron chi connectivity index (χ2n) is 5.97. The molecule has 0 radical (unpaired) electrons. The molecule has 1 N–H and O–H groups in total. The van der Waals surface area contributed by atoms with Gasteiger partial charge in [-0.1, -0.05) is 69.6 Å². The number of hydrogen-bond acceptors (Lipinski definition) is 4. The summed E-state index contributed by atoms with van der Waals surface area (Å²) in [7, 11) is 0. The molecular weight excluding hydrogens is 422 g/mol. The van der Waals surface area contributed by atoms with Crippen LogP contribution in [0.3, 0.4) is 0 Å². The third kappa shape index (κ3) is 5.96. The van der Waals surface area contributed by atoms with Crippen LogP contribution in [-0.2, 0) is 16.2 Å². The van der Waals surface area contributed by atoms with Gasteiger partial charge in [-0.2, -0.15) is 0 Å². The monoisotopic (exact) mass is 439 g/mol. The van der Waals surface area contributed by atoms with E-state index in [1.54, 1.807) is 0 Å². The Hall–Kier alpha value is -3.12. The lowest BCUT2D eigenvalue weighted by atomic mass is 10.0. The van der Waals surface area contributed by atoms with E-state index in [1.165, 1.54) is 6.21 Å². The Labute approximate surface area is 171 Å². The number of ether oxygens (including phenoxy) is 1. The van der Waals surface area contributed by atoms with Gasteiger partial charge in [0.15, 0.2) is 0 Å². The van der Waals surface area contributed by atoms with Gasteiger partial charge >= 0.3 is 5.97 Å². The third-order valence-corrected chi connectivity index (χ3v) is 4.35. The van der Waals surface area contributed by atoms with Gasteiger partial charge in [0.25, 0.3) is 0 Å². The summed E-state index contributed by atoms with van der Waals surface area (Å²) in [6, 6.07) is 23.7. The summed E-state index contributed by atoms with van der Waals surface area (Å²) in [6.45, 7) is 0.0569. The lowest BCUT2D eigenvalue weighted by molar-refractivity contribution is -0.142. The summed E-state index contributed by atoms with van der Waals surface area (Å²) in [5.74, 6) is -0.250. The molecular formula is C22H18BrNO4. The summed E-state index contributed by atoms with van der Waals surface area (Å²) in [6.07, 6.45) is 1.48. The lowest BCUT2D eigenvalue weighted by Crippen LogP contribution is -2.03. The van der Waals surface area contributed by atoms with Gasteiger partial charge in [0.1, 0.15) is 12.4 Å². The lowest BCUT2D eigenvalue weighted by Gasteiger charge is -2.08. The normalized spacial score (nSPS) is 10.8. The zero-order valence-electron chi connectivity index (χ0n) is 14.9. The van der Waals surface area contributed by atoms with Gasteiger partial charge in [-0.05, 0) is 46.5 Å². The molecule has 0 amide bonds. The SMILES string of the molecule is O=C(O)CON=Cc1ccc(-c2ccc(OCc3cccc(Br)c3)cc2)cc1. The van der Waals surface area contributed by atoms with Crippen molar-refractivity contribution in [3.05, 3.63) is 88.4 Å². The number of oxime groups is 1. The van der Waals surface area contributed by atoms with Crippen molar-refractivity contribution in [2.75, 3.05) is 6.61 Å². The molecule has 0 aromatic heterocycles. The highest BCUT2D eigenvalue weighted by Gasteiger charge is 2.01. The first kappa shape index (κ1) is 19.6. The first-order valence-electron chi connectivity index (χ1n) is 8.55. The van der Waals surface area contributed by atoms with E-state index in [9.17, 15) is 4.79 Å². The number of carbonyl (C=O) groups is 1. The molecule has 6 heteroatoms. The maximum Gasteiger partial charge on any atom is 0.344 e. The van der Waals surface area contributed by atoms with Crippen LogP contribution in [0.2, 0.25) is 0 Å². The number of nitrogens with zero attached hydrogens (tertiary/aromatic N) is 1. The molecule has 0 fully saturated rings.